The van der Waals surface area contributed by atoms with E-state index in [9.17, 15) is 0 Å². The Hall–Kier alpha value is 0.580. The van der Waals surface area contributed by atoms with Crippen LogP contribution >= 0.6 is 47.8 Å². The summed E-state index contributed by atoms with van der Waals surface area (Å²) < 4.78 is -0.444. The zero-order valence-electron chi connectivity index (χ0n) is 4.11. The lowest BCUT2D eigenvalue weighted by Crippen LogP contribution is -1.96. The predicted octanol–water partition coefficient (Wildman–Crippen LogP) is 2.10. The van der Waals surface area contributed by atoms with Gasteiger partial charge >= 0.3 is 0 Å². The highest BCUT2D eigenvalue weighted by Gasteiger charge is 2.23. The first kappa shape index (κ1) is 7.68. The number of aromatic nitrogens is 3. The van der Waals surface area contributed by atoms with Crippen molar-refractivity contribution in [2.24, 2.45) is 0 Å². The SMILES string of the molecule is BrC(Br)(Br)c1cn[nH]n1. The van der Waals surface area contributed by atoms with Gasteiger partial charge in [0.05, 0.1) is 6.20 Å². The Balaban J connectivity index is 2.90. The molecule has 3 nitrogen and oxygen atoms in total. The first-order valence-corrected chi connectivity index (χ1v) is 4.41. The van der Waals surface area contributed by atoms with Gasteiger partial charge in [-0.2, -0.15) is 15.4 Å². The van der Waals surface area contributed by atoms with Crippen molar-refractivity contribution >= 4 is 47.8 Å². The fourth-order valence-corrected chi connectivity index (χ4v) is 0.911. The molecule has 0 aliphatic carbocycles. The van der Waals surface area contributed by atoms with Crippen molar-refractivity contribution in [3.63, 3.8) is 0 Å². The fourth-order valence-electron chi connectivity index (χ4n) is 0.338. The van der Waals surface area contributed by atoms with E-state index in [4.69, 9.17) is 0 Å². The molecule has 1 N–H and O–H groups in total. The minimum absolute atomic E-state index is 0.444. The van der Waals surface area contributed by atoms with Crippen molar-refractivity contribution in [3.8, 4) is 0 Å². The predicted molar refractivity (Wildman–Crippen MR) is 44.8 cm³/mol. The molecule has 0 unspecified atom stereocenters. The molecule has 1 rings (SSSR count). The summed E-state index contributed by atoms with van der Waals surface area (Å²) in [7, 11) is 0. The average molecular weight is 320 g/mol. The Morgan fingerprint density at radius 3 is 2.33 bits per heavy atom. The van der Waals surface area contributed by atoms with Crippen LogP contribution in [0.3, 0.4) is 0 Å². The molecular weight excluding hydrogens is 318 g/mol. The van der Waals surface area contributed by atoms with Crippen molar-refractivity contribution in [3.05, 3.63) is 11.9 Å². The van der Waals surface area contributed by atoms with Crippen LogP contribution in [-0.4, -0.2) is 15.4 Å². The summed E-state index contributed by atoms with van der Waals surface area (Å²) in [5.74, 6) is 0. The number of hydrogen-bond donors (Lipinski definition) is 1. The van der Waals surface area contributed by atoms with Crippen LogP contribution in [0.5, 0.6) is 0 Å². The van der Waals surface area contributed by atoms with Crippen LogP contribution in [-0.2, 0) is 2.14 Å². The number of rotatable bonds is 0. The van der Waals surface area contributed by atoms with E-state index in [1.807, 2.05) is 0 Å². The standard InChI is InChI=1S/C3H2Br3N3/c4-3(5,6)2-1-7-9-8-2/h1H,(H,7,8,9). The molecule has 0 fully saturated rings. The summed E-state index contributed by atoms with van der Waals surface area (Å²) in [6.07, 6.45) is 1.61. The molecule has 50 valence electrons. The third-order valence-electron chi connectivity index (χ3n) is 0.705. The maximum atomic E-state index is 3.81. The second-order valence-corrected chi connectivity index (χ2v) is 8.11. The van der Waals surface area contributed by atoms with Gasteiger partial charge in [-0.3, -0.25) is 0 Å². The Bertz CT molecular complexity index is 177. The van der Waals surface area contributed by atoms with Gasteiger partial charge in [0.1, 0.15) is 5.69 Å². The van der Waals surface area contributed by atoms with Gasteiger partial charge in [0.2, 0.25) is 0 Å². The summed E-state index contributed by atoms with van der Waals surface area (Å²) in [6, 6.07) is 0. The summed E-state index contributed by atoms with van der Waals surface area (Å²) in [5, 5.41) is 9.92. The van der Waals surface area contributed by atoms with Crippen LogP contribution in [0.1, 0.15) is 5.69 Å². The van der Waals surface area contributed by atoms with E-state index in [1.165, 1.54) is 0 Å². The minimum Gasteiger partial charge on any atom is -0.198 e. The second kappa shape index (κ2) is 2.67. The number of halogens is 3. The molecule has 0 radical (unpaired) electrons. The highest BCUT2D eigenvalue weighted by Crippen LogP contribution is 2.42. The molecule has 0 aliphatic heterocycles. The molecular formula is C3H2Br3N3. The summed E-state index contributed by atoms with van der Waals surface area (Å²) in [4.78, 5) is 0. The normalized spacial score (nSPS) is 11.9. The number of nitrogens with one attached hydrogen (secondary N) is 1. The molecule has 0 saturated heterocycles. The van der Waals surface area contributed by atoms with Crippen LogP contribution in [0.25, 0.3) is 0 Å². The highest BCUT2D eigenvalue weighted by molar-refractivity contribution is 9.38. The van der Waals surface area contributed by atoms with E-state index in [-0.39, 0.29) is 0 Å². The topological polar surface area (TPSA) is 41.6 Å². The Labute approximate surface area is 77.0 Å². The van der Waals surface area contributed by atoms with E-state index >= 15 is 0 Å². The third-order valence-corrected chi connectivity index (χ3v) is 1.92. The van der Waals surface area contributed by atoms with Gasteiger partial charge in [0.25, 0.3) is 0 Å². The van der Waals surface area contributed by atoms with Crippen LogP contribution in [0.2, 0.25) is 0 Å². The van der Waals surface area contributed by atoms with Gasteiger partial charge in [-0.05, 0) is 0 Å². The van der Waals surface area contributed by atoms with Gasteiger partial charge in [0, 0.05) is 0 Å². The van der Waals surface area contributed by atoms with Crippen molar-refractivity contribution < 1.29 is 0 Å². The van der Waals surface area contributed by atoms with Gasteiger partial charge < -0.3 is 0 Å². The molecule has 0 aromatic carbocycles. The van der Waals surface area contributed by atoms with Gasteiger partial charge in [-0.15, -0.1) is 0 Å². The lowest BCUT2D eigenvalue weighted by Gasteiger charge is -2.04. The molecule has 0 bridgehead atoms. The van der Waals surface area contributed by atoms with E-state index in [0.717, 1.165) is 5.69 Å². The molecule has 0 amide bonds. The van der Waals surface area contributed by atoms with E-state index < -0.39 is 2.14 Å². The van der Waals surface area contributed by atoms with Gasteiger partial charge in [-0.25, -0.2) is 0 Å². The number of nitrogens with zero attached hydrogens (tertiary/aromatic N) is 2. The number of H-pyrrole nitrogens is 1. The lowest BCUT2D eigenvalue weighted by molar-refractivity contribution is 0.923. The zero-order valence-corrected chi connectivity index (χ0v) is 8.86. The summed E-state index contributed by atoms with van der Waals surface area (Å²) >= 11 is 9.83. The van der Waals surface area contributed by atoms with Crippen LogP contribution in [0.15, 0.2) is 6.20 Å². The molecule has 1 aromatic rings. The molecule has 1 heterocycles. The maximum absolute atomic E-state index is 3.81. The highest BCUT2D eigenvalue weighted by atomic mass is 80.0. The van der Waals surface area contributed by atoms with Crippen LogP contribution < -0.4 is 0 Å². The largest absolute Gasteiger partial charge is 0.198 e. The second-order valence-electron chi connectivity index (χ2n) is 1.35. The smallest absolute Gasteiger partial charge is 0.179 e. The molecule has 0 saturated carbocycles. The minimum atomic E-state index is -0.444. The van der Waals surface area contributed by atoms with Gasteiger partial charge in [-0.1, -0.05) is 47.8 Å². The lowest BCUT2D eigenvalue weighted by atomic mass is 10.6. The summed E-state index contributed by atoms with van der Waals surface area (Å²) in [6.45, 7) is 0. The van der Waals surface area contributed by atoms with Crippen molar-refractivity contribution in [2.45, 2.75) is 2.14 Å². The molecule has 1 aromatic heterocycles. The van der Waals surface area contributed by atoms with Crippen molar-refractivity contribution in [1.82, 2.24) is 15.4 Å². The van der Waals surface area contributed by atoms with Crippen molar-refractivity contribution in [1.29, 1.82) is 0 Å². The molecule has 6 heteroatoms. The fraction of sp³-hybridized carbons (Fsp3) is 0.333. The molecule has 9 heavy (non-hydrogen) atoms. The Morgan fingerprint density at radius 1 is 1.44 bits per heavy atom. The van der Waals surface area contributed by atoms with Crippen LogP contribution in [0, 0.1) is 0 Å². The van der Waals surface area contributed by atoms with E-state index in [1.54, 1.807) is 6.20 Å². The number of aromatic amines is 1. The Kier molecular flexibility index (Phi) is 2.28. The van der Waals surface area contributed by atoms with Gasteiger partial charge in [0.15, 0.2) is 2.14 Å². The third kappa shape index (κ3) is 2.01. The number of alkyl halides is 3. The first-order valence-electron chi connectivity index (χ1n) is 2.03. The molecule has 0 spiro atoms. The Morgan fingerprint density at radius 2 is 2.11 bits per heavy atom. The van der Waals surface area contributed by atoms with Crippen molar-refractivity contribution in [2.75, 3.05) is 0 Å². The molecule has 0 aliphatic rings. The quantitative estimate of drug-likeness (QED) is 0.744. The number of hydrogen-bond acceptors (Lipinski definition) is 2. The first-order chi connectivity index (χ1) is 4.11. The molecule has 0 atom stereocenters. The van der Waals surface area contributed by atoms with E-state index in [0.29, 0.717) is 0 Å². The monoisotopic (exact) mass is 317 g/mol. The zero-order chi connectivity index (χ0) is 6.91. The average Bonchev–Trinajstić information content (AvgIpc) is 2.08. The van der Waals surface area contributed by atoms with Crippen LogP contribution in [0.4, 0.5) is 0 Å². The maximum Gasteiger partial charge on any atom is 0.179 e. The van der Waals surface area contributed by atoms with E-state index in [2.05, 4.69) is 63.2 Å². The summed E-state index contributed by atoms with van der Waals surface area (Å²) in [5.41, 5.74) is 0.752.